The number of benzene rings is 1. The normalized spacial score (nSPS) is 12.8. The molecule has 0 aromatic heterocycles. The number of rotatable bonds is 6. The summed E-state index contributed by atoms with van der Waals surface area (Å²) in [4.78, 5) is 0. The molecule has 0 amide bonds. The maximum Gasteiger partial charge on any atom is 0.146 e. The standard InChI is InChI=1S/C13H21FN2/c1-3-10(4-2)13(9-15)16-12-8-6-5-7-11(12)14/h5-8,10,13,16H,3-4,9,15H2,1-2H3. The molecule has 3 heteroatoms. The van der Waals surface area contributed by atoms with Crippen molar-refractivity contribution in [2.75, 3.05) is 11.9 Å². The number of nitrogens with one attached hydrogen (secondary N) is 1. The van der Waals surface area contributed by atoms with Gasteiger partial charge in [0, 0.05) is 12.6 Å². The van der Waals surface area contributed by atoms with Crippen molar-refractivity contribution in [2.24, 2.45) is 11.7 Å². The van der Waals surface area contributed by atoms with Gasteiger partial charge in [-0.05, 0) is 18.1 Å². The van der Waals surface area contributed by atoms with Crippen molar-refractivity contribution < 1.29 is 4.39 Å². The van der Waals surface area contributed by atoms with Crippen LogP contribution in [0.3, 0.4) is 0 Å². The first kappa shape index (κ1) is 13.0. The van der Waals surface area contributed by atoms with Gasteiger partial charge in [0.25, 0.3) is 0 Å². The van der Waals surface area contributed by atoms with E-state index in [1.807, 2.05) is 6.07 Å². The molecule has 1 aromatic rings. The summed E-state index contributed by atoms with van der Waals surface area (Å²) in [6.45, 7) is 4.81. The van der Waals surface area contributed by atoms with E-state index < -0.39 is 0 Å². The molecule has 0 heterocycles. The molecule has 1 unspecified atom stereocenters. The summed E-state index contributed by atoms with van der Waals surface area (Å²) >= 11 is 0. The third kappa shape index (κ3) is 3.20. The Balaban J connectivity index is 2.73. The van der Waals surface area contributed by atoms with Crippen molar-refractivity contribution in [3.63, 3.8) is 0 Å². The van der Waals surface area contributed by atoms with Gasteiger partial charge in [0.05, 0.1) is 5.69 Å². The lowest BCUT2D eigenvalue weighted by Crippen LogP contribution is -2.36. The number of anilines is 1. The number of halogens is 1. The zero-order valence-electron chi connectivity index (χ0n) is 10.0. The van der Waals surface area contributed by atoms with Gasteiger partial charge in [0.15, 0.2) is 0 Å². The lowest BCUT2D eigenvalue weighted by Gasteiger charge is -2.26. The number of hydrogen-bond acceptors (Lipinski definition) is 2. The van der Waals surface area contributed by atoms with Crippen LogP contribution in [0.15, 0.2) is 24.3 Å². The lowest BCUT2D eigenvalue weighted by atomic mass is 9.94. The summed E-state index contributed by atoms with van der Waals surface area (Å²) in [5, 5.41) is 3.20. The Labute approximate surface area is 97.0 Å². The Morgan fingerprint density at radius 2 is 1.88 bits per heavy atom. The van der Waals surface area contributed by atoms with E-state index in [-0.39, 0.29) is 11.9 Å². The highest BCUT2D eigenvalue weighted by atomic mass is 19.1. The van der Waals surface area contributed by atoms with Crippen LogP contribution in [0.1, 0.15) is 26.7 Å². The van der Waals surface area contributed by atoms with E-state index >= 15 is 0 Å². The van der Waals surface area contributed by atoms with Crippen LogP contribution in [0.5, 0.6) is 0 Å². The molecule has 1 atom stereocenters. The lowest BCUT2D eigenvalue weighted by molar-refractivity contribution is 0.420. The van der Waals surface area contributed by atoms with Crippen LogP contribution < -0.4 is 11.1 Å². The second-order valence-electron chi connectivity index (χ2n) is 4.04. The molecule has 0 spiro atoms. The molecule has 0 saturated heterocycles. The van der Waals surface area contributed by atoms with Crippen LogP contribution in [0.4, 0.5) is 10.1 Å². The highest BCUT2D eigenvalue weighted by Crippen LogP contribution is 2.19. The van der Waals surface area contributed by atoms with Crippen LogP contribution in [0, 0.1) is 11.7 Å². The smallest absolute Gasteiger partial charge is 0.146 e. The minimum absolute atomic E-state index is 0.145. The first-order valence-electron chi connectivity index (χ1n) is 5.94. The van der Waals surface area contributed by atoms with Crippen molar-refractivity contribution in [1.82, 2.24) is 0 Å². The zero-order valence-corrected chi connectivity index (χ0v) is 10.0. The first-order valence-corrected chi connectivity index (χ1v) is 5.94. The van der Waals surface area contributed by atoms with Crippen LogP contribution >= 0.6 is 0 Å². The Morgan fingerprint density at radius 3 is 2.38 bits per heavy atom. The molecule has 2 nitrogen and oxygen atoms in total. The van der Waals surface area contributed by atoms with Crippen molar-refractivity contribution in [2.45, 2.75) is 32.7 Å². The molecule has 90 valence electrons. The second kappa shape index (κ2) is 6.48. The minimum atomic E-state index is -0.216. The highest BCUT2D eigenvalue weighted by Gasteiger charge is 2.17. The van der Waals surface area contributed by atoms with Crippen LogP contribution in [0.25, 0.3) is 0 Å². The summed E-state index contributed by atoms with van der Waals surface area (Å²) in [7, 11) is 0. The second-order valence-corrected chi connectivity index (χ2v) is 4.04. The third-order valence-corrected chi connectivity index (χ3v) is 3.09. The fourth-order valence-electron chi connectivity index (χ4n) is 2.00. The van der Waals surface area contributed by atoms with Gasteiger partial charge in [0.2, 0.25) is 0 Å². The predicted molar refractivity (Wildman–Crippen MR) is 66.9 cm³/mol. The molecule has 16 heavy (non-hydrogen) atoms. The quantitative estimate of drug-likeness (QED) is 0.779. The third-order valence-electron chi connectivity index (χ3n) is 3.09. The van der Waals surface area contributed by atoms with Crippen molar-refractivity contribution >= 4 is 5.69 Å². The zero-order chi connectivity index (χ0) is 12.0. The molecule has 0 aliphatic rings. The molecule has 0 radical (unpaired) electrons. The van der Waals surface area contributed by atoms with Gasteiger partial charge in [-0.2, -0.15) is 0 Å². The van der Waals surface area contributed by atoms with Gasteiger partial charge in [-0.25, -0.2) is 4.39 Å². The molecule has 1 aromatic carbocycles. The Hall–Kier alpha value is -1.09. The fourth-order valence-corrected chi connectivity index (χ4v) is 2.00. The van der Waals surface area contributed by atoms with E-state index in [1.54, 1.807) is 12.1 Å². The van der Waals surface area contributed by atoms with E-state index in [1.165, 1.54) is 6.07 Å². The maximum atomic E-state index is 13.5. The average Bonchev–Trinajstić information content (AvgIpc) is 2.31. The topological polar surface area (TPSA) is 38.0 Å². The monoisotopic (exact) mass is 224 g/mol. The molecule has 0 fully saturated rings. The molecule has 0 saturated carbocycles. The van der Waals surface area contributed by atoms with Crippen molar-refractivity contribution in [3.8, 4) is 0 Å². The van der Waals surface area contributed by atoms with Crippen LogP contribution in [0.2, 0.25) is 0 Å². The summed E-state index contributed by atoms with van der Waals surface area (Å²) in [5.41, 5.74) is 6.28. The predicted octanol–water partition coefficient (Wildman–Crippen LogP) is 3.00. The highest BCUT2D eigenvalue weighted by molar-refractivity contribution is 5.45. The Morgan fingerprint density at radius 1 is 1.25 bits per heavy atom. The largest absolute Gasteiger partial charge is 0.378 e. The first-order chi connectivity index (χ1) is 7.72. The average molecular weight is 224 g/mol. The van der Waals surface area contributed by atoms with Gasteiger partial charge in [-0.15, -0.1) is 0 Å². The van der Waals surface area contributed by atoms with Gasteiger partial charge >= 0.3 is 0 Å². The van der Waals surface area contributed by atoms with E-state index in [4.69, 9.17) is 5.73 Å². The van der Waals surface area contributed by atoms with Gasteiger partial charge in [-0.1, -0.05) is 38.8 Å². The van der Waals surface area contributed by atoms with Crippen molar-refractivity contribution in [3.05, 3.63) is 30.1 Å². The Kier molecular flexibility index (Phi) is 5.26. The molecule has 0 bridgehead atoms. The molecule has 0 aliphatic carbocycles. The van der Waals surface area contributed by atoms with E-state index in [0.29, 0.717) is 18.2 Å². The SMILES string of the molecule is CCC(CC)C(CN)Nc1ccccc1F. The molecular formula is C13H21FN2. The van der Waals surface area contributed by atoms with Crippen LogP contribution in [-0.4, -0.2) is 12.6 Å². The molecule has 0 aliphatic heterocycles. The summed E-state index contributed by atoms with van der Waals surface area (Å²) in [5.74, 6) is 0.275. The Bertz CT molecular complexity index is 311. The molecule has 1 rings (SSSR count). The molecular weight excluding hydrogens is 203 g/mol. The maximum absolute atomic E-state index is 13.5. The van der Waals surface area contributed by atoms with Crippen LogP contribution in [-0.2, 0) is 0 Å². The summed E-state index contributed by atoms with van der Waals surface area (Å²) in [6.07, 6.45) is 2.11. The van der Waals surface area contributed by atoms with E-state index in [0.717, 1.165) is 12.8 Å². The number of hydrogen-bond donors (Lipinski definition) is 2. The fraction of sp³-hybridized carbons (Fsp3) is 0.538. The number of nitrogens with two attached hydrogens (primary N) is 1. The van der Waals surface area contributed by atoms with Gasteiger partial charge in [-0.3, -0.25) is 0 Å². The number of para-hydroxylation sites is 1. The van der Waals surface area contributed by atoms with Gasteiger partial charge in [0.1, 0.15) is 5.82 Å². The van der Waals surface area contributed by atoms with E-state index in [9.17, 15) is 4.39 Å². The van der Waals surface area contributed by atoms with Gasteiger partial charge < -0.3 is 11.1 Å². The summed E-state index contributed by atoms with van der Waals surface area (Å²) in [6, 6.07) is 6.87. The summed E-state index contributed by atoms with van der Waals surface area (Å²) < 4.78 is 13.5. The van der Waals surface area contributed by atoms with E-state index in [2.05, 4.69) is 19.2 Å². The molecule has 3 N–H and O–H groups in total. The minimum Gasteiger partial charge on any atom is -0.378 e. The van der Waals surface area contributed by atoms with Crippen molar-refractivity contribution in [1.29, 1.82) is 0 Å².